The van der Waals surface area contributed by atoms with Gasteiger partial charge in [0.05, 0.1) is 29.1 Å². The molecule has 1 saturated heterocycles. The minimum Gasteiger partial charge on any atom is -0.493 e. The average Bonchev–Trinajstić information content (AvgIpc) is 3.42. The molecule has 5 N–H and O–H groups in total. The largest absolute Gasteiger partial charge is 0.493 e. The molecule has 0 spiro atoms. The number of alkyl halides is 3. The maximum absolute atomic E-state index is 13.0. The van der Waals surface area contributed by atoms with Crippen molar-refractivity contribution in [1.29, 1.82) is 0 Å². The number of carbonyl (C=O) groups excluding carboxylic acids is 2. The van der Waals surface area contributed by atoms with Gasteiger partial charge in [0.25, 0.3) is 11.8 Å². The van der Waals surface area contributed by atoms with E-state index in [1.54, 1.807) is 13.0 Å². The smallest absolute Gasteiger partial charge is 0.490 e. The first-order chi connectivity index (χ1) is 19.5. The number of primary amides is 1. The number of hydrogen-bond donors (Lipinski definition) is 4. The molecule has 0 bridgehead atoms. The predicted octanol–water partition coefficient (Wildman–Crippen LogP) is 3.51. The molecule has 0 radical (unpaired) electrons. The number of carboxylic acids is 1. The zero-order chi connectivity index (χ0) is 29.7. The van der Waals surface area contributed by atoms with Gasteiger partial charge in [-0.2, -0.15) is 13.2 Å². The summed E-state index contributed by atoms with van der Waals surface area (Å²) in [5, 5.41) is 14.1. The summed E-state index contributed by atoms with van der Waals surface area (Å²) in [6.45, 7) is 4.42. The molecule has 4 heterocycles. The van der Waals surface area contributed by atoms with Crippen molar-refractivity contribution in [2.75, 3.05) is 31.7 Å². The number of nitrogens with two attached hydrogens (primary N) is 1. The third kappa shape index (κ3) is 7.01. The van der Waals surface area contributed by atoms with Crippen molar-refractivity contribution in [2.45, 2.75) is 32.4 Å². The van der Waals surface area contributed by atoms with Gasteiger partial charge in [0.1, 0.15) is 11.4 Å². The first kappa shape index (κ1) is 29.5. The van der Waals surface area contributed by atoms with Gasteiger partial charge in [0.2, 0.25) is 0 Å². The molecule has 14 heteroatoms. The first-order valence-electron chi connectivity index (χ1n) is 12.7. The molecule has 2 aliphatic heterocycles. The Hall–Kier alpha value is -4.46. The highest BCUT2D eigenvalue weighted by atomic mass is 19.4. The van der Waals surface area contributed by atoms with Gasteiger partial charge in [-0.25, -0.2) is 9.78 Å². The van der Waals surface area contributed by atoms with Gasteiger partial charge >= 0.3 is 12.1 Å². The Morgan fingerprint density at radius 3 is 2.54 bits per heavy atom. The summed E-state index contributed by atoms with van der Waals surface area (Å²) in [5.74, 6) is -2.42. The lowest BCUT2D eigenvalue weighted by molar-refractivity contribution is -0.192. The number of aryl methyl sites for hydroxylation is 1. The summed E-state index contributed by atoms with van der Waals surface area (Å²) < 4.78 is 42.8. The number of pyridine rings is 2. The van der Waals surface area contributed by atoms with Crippen LogP contribution in [0.15, 0.2) is 30.5 Å². The molecule has 3 aromatic rings. The van der Waals surface area contributed by atoms with E-state index in [0.717, 1.165) is 49.5 Å². The highest BCUT2D eigenvalue weighted by molar-refractivity contribution is 6.09. The van der Waals surface area contributed by atoms with E-state index in [9.17, 15) is 22.8 Å². The van der Waals surface area contributed by atoms with Crippen molar-refractivity contribution in [3.8, 4) is 5.75 Å². The number of fused-ring (bicyclic) bond motifs is 2. The predicted molar refractivity (Wildman–Crippen MR) is 141 cm³/mol. The number of hydrogen-bond acceptors (Lipinski definition) is 8. The molecule has 2 aliphatic rings. The zero-order valence-electron chi connectivity index (χ0n) is 22.0. The van der Waals surface area contributed by atoms with Crippen LogP contribution in [0.25, 0.3) is 10.9 Å². The van der Waals surface area contributed by atoms with Crippen LogP contribution in [0.2, 0.25) is 0 Å². The molecule has 1 aromatic carbocycles. The molecule has 1 fully saturated rings. The Kier molecular flexibility index (Phi) is 8.91. The second-order valence-corrected chi connectivity index (χ2v) is 9.47. The molecular formula is C27H28F3N5O6. The summed E-state index contributed by atoms with van der Waals surface area (Å²) in [6, 6.07) is 7.41. The van der Waals surface area contributed by atoms with Crippen LogP contribution in [0, 0.1) is 12.8 Å². The molecule has 0 aliphatic carbocycles. The molecule has 0 atom stereocenters. The van der Waals surface area contributed by atoms with E-state index in [4.69, 9.17) is 25.1 Å². The summed E-state index contributed by atoms with van der Waals surface area (Å²) >= 11 is 0. The number of anilines is 2. The van der Waals surface area contributed by atoms with Crippen molar-refractivity contribution in [1.82, 2.24) is 15.3 Å². The third-order valence-electron chi connectivity index (χ3n) is 6.66. The molecule has 218 valence electrons. The molecular weight excluding hydrogens is 547 g/mol. The second-order valence-electron chi connectivity index (χ2n) is 9.47. The van der Waals surface area contributed by atoms with Crippen LogP contribution >= 0.6 is 0 Å². The first-order valence-corrected chi connectivity index (χ1v) is 12.7. The molecule has 0 unspecified atom stereocenters. The highest BCUT2D eigenvalue weighted by Gasteiger charge is 2.38. The van der Waals surface area contributed by atoms with Crippen molar-refractivity contribution >= 4 is 40.1 Å². The number of carbonyl (C=O) groups is 3. The molecule has 41 heavy (non-hydrogen) atoms. The van der Waals surface area contributed by atoms with E-state index >= 15 is 0 Å². The van der Waals surface area contributed by atoms with Crippen LogP contribution in [0.4, 0.5) is 24.5 Å². The fourth-order valence-electron chi connectivity index (χ4n) is 4.55. The molecule has 2 amide bonds. The maximum atomic E-state index is 13.0. The average molecular weight is 576 g/mol. The standard InChI is InChI=1S/C25H27N5O4.C2HF3O2/c1-14-22-17(11-20(29-14)25(32)28-12-15-5-8-33-9-6-15)23(18(13-27-22)24(26)31)30-19-3-2-4-21-16(19)7-10-34-21;3-2(4,5)1(6)7/h2-4,11,13,15H,5-10,12H2,1H3,(H2,26,31)(H,27,30)(H,28,32);(H,6,7). The lowest BCUT2D eigenvalue weighted by atomic mass is 10.0. The van der Waals surface area contributed by atoms with Gasteiger partial charge in [0, 0.05) is 49.0 Å². The lowest BCUT2D eigenvalue weighted by Gasteiger charge is -2.22. The van der Waals surface area contributed by atoms with Gasteiger partial charge in [-0.1, -0.05) is 6.07 Å². The number of rotatable bonds is 6. The van der Waals surface area contributed by atoms with Crippen LogP contribution in [0.3, 0.4) is 0 Å². The Bertz CT molecular complexity index is 1470. The van der Waals surface area contributed by atoms with Gasteiger partial charge in [-0.05, 0) is 43.9 Å². The number of aliphatic carboxylic acids is 1. The van der Waals surface area contributed by atoms with E-state index in [1.807, 2.05) is 18.2 Å². The Morgan fingerprint density at radius 1 is 1.17 bits per heavy atom. The number of amides is 2. The quantitative estimate of drug-likeness (QED) is 0.344. The SMILES string of the molecule is Cc1nc(C(=O)NCC2CCOCC2)cc2c(Nc3cccc4c3CCO4)c(C(N)=O)cnc12.O=C(O)C(F)(F)F. The number of ether oxygens (including phenoxy) is 2. The number of halogens is 3. The van der Waals surface area contributed by atoms with Crippen molar-refractivity contribution < 1.29 is 42.1 Å². The van der Waals surface area contributed by atoms with E-state index in [1.165, 1.54) is 6.20 Å². The second kappa shape index (κ2) is 12.4. The number of nitrogens with one attached hydrogen (secondary N) is 2. The topological polar surface area (TPSA) is 166 Å². The van der Waals surface area contributed by atoms with Crippen molar-refractivity contribution in [3.05, 3.63) is 53.0 Å². The van der Waals surface area contributed by atoms with E-state index in [-0.39, 0.29) is 17.2 Å². The maximum Gasteiger partial charge on any atom is 0.490 e. The van der Waals surface area contributed by atoms with Gasteiger partial charge < -0.3 is 30.9 Å². The van der Waals surface area contributed by atoms with Gasteiger partial charge in [0.15, 0.2) is 0 Å². The minimum absolute atomic E-state index is 0.239. The third-order valence-corrected chi connectivity index (χ3v) is 6.66. The van der Waals surface area contributed by atoms with E-state index in [0.29, 0.717) is 41.4 Å². The summed E-state index contributed by atoms with van der Waals surface area (Å²) in [4.78, 5) is 43.1. The zero-order valence-corrected chi connectivity index (χ0v) is 22.0. The highest BCUT2D eigenvalue weighted by Crippen LogP contribution is 2.36. The fraction of sp³-hybridized carbons (Fsp3) is 0.370. The Balaban J connectivity index is 0.000000493. The lowest BCUT2D eigenvalue weighted by Crippen LogP contribution is -2.32. The summed E-state index contributed by atoms with van der Waals surface area (Å²) in [6.07, 6.45) is -1.02. The van der Waals surface area contributed by atoms with Gasteiger partial charge in [-0.15, -0.1) is 0 Å². The van der Waals surface area contributed by atoms with Crippen LogP contribution < -0.4 is 21.1 Å². The van der Waals surface area contributed by atoms with Crippen molar-refractivity contribution in [2.24, 2.45) is 11.7 Å². The summed E-state index contributed by atoms with van der Waals surface area (Å²) in [5.41, 5.74) is 9.74. The molecule has 2 aromatic heterocycles. The number of nitrogens with zero attached hydrogens (tertiary/aromatic N) is 2. The van der Waals surface area contributed by atoms with E-state index in [2.05, 4.69) is 20.6 Å². The number of benzene rings is 1. The molecule has 0 saturated carbocycles. The van der Waals surface area contributed by atoms with Crippen LogP contribution in [-0.2, 0) is 16.0 Å². The van der Waals surface area contributed by atoms with Crippen LogP contribution in [0.5, 0.6) is 5.75 Å². The summed E-state index contributed by atoms with van der Waals surface area (Å²) in [7, 11) is 0. The fourth-order valence-corrected chi connectivity index (χ4v) is 4.55. The normalized spacial score (nSPS) is 14.8. The monoisotopic (exact) mass is 575 g/mol. The molecule has 11 nitrogen and oxygen atoms in total. The Labute approximate surface area is 232 Å². The van der Waals surface area contributed by atoms with Crippen LogP contribution in [0.1, 0.15) is 44.9 Å². The van der Waals surface area contributed by atoms with Crippen LogP contribution in [-0.4, -0.2) is 65.4 Å². The number of aromatic nitrogens is 2. The van der Waals surface area contributed by atoms with E-state index < -0.39 is 18.1 Å². The Morgan fingerprint density at radius 2 is 1.88 bits per heavy atom. The minimum atomic E-state index is -5.08. The van der Waals surface area contributed by atoms with Gasteiger partial charge in [-0.3, -0.25) is 14.6 Å². The molecule has 5 rings (SSSR count). The number of carboxylic acid groups (broad SMARTS) is 1. The van der Waals surface area contributed by atoms with Crippen molar-refractivity contribution in [3.63, 3.8) is 0 Å².